The maximum atomic E-state index is 11.6. The van der Waals surface area contributed by atoms with Crippen molar-refractivity contribution in [3.05, 3.63) is 11.2 Å². The number of nitrogens with one attached hydrogen (secondary N) is 1. The summed E-state index contributed by atoms with van der Waals surface area (Å²) in [5.74, 6) is -0.210. The first-order chi connectivity index (χ1) is 7.97. The topological polar surface area (TPSA) is 101 Å². The van der Waals surface area contributed by atoms with E-state index in [0.717, 1.165) is 4.90 Å². The molecule has 0 aromatic carbocycles. The largest absolute Gasteiger partial charge is 0.368 e. The molecule has 17 heavy (non-hydrogen) atoms. The Morgan fingerprint density at radius 2 is 2.24 bits per heavy atom. The van der Waals surface area contributed by atoms with Crippen molar-refractivity contribution < 1.29 is 9.59 Å². The predicted molar refractivity (Wildman–Crippen MR) is 61.3 cm³/mol. The quantitative estimate of drug-likeness (QED) is 0.564. The molecule has 1 fully saturated rings. The van der Waals surface area contributed by atoms with E-state index < -0.39 is 6.04 Å². The Bertz CT molecular complexity index is 472. The van der Waals surface area contributed by atoms with E-state index in [4.69, 9.17) is 17.3 Å². The molecule has 2 heterocycles. The molecule has 0 saturated carbocycles. The highest BCUT2D eigenvalue weighted by Gasteiger charge is 2.36. The van der Waals surface area contributed by atoms with E-state index >= 15 is 0 Å². The van der Waals surface area contributed by atoms with Gasteiger partial charge in [-0.05, 0) is 0 Å². The molecule has 90 valence electrons. The third kappa shape index (κ3) is 2.28. The van der Waals surface area contributed by atoms with E-state index in [9.17, 15) is 9.59 Å². The Kier molecular flexibility index (Phi) is 2.84. The number of anilines is 2. The van der Waals surface area contributed by atoms with E-state index in [2.05, 4.69) is 15.3 Å². The van der Waals surface area contributed by atoms with Gasteiger partial charge in [-0.15, -0.1) is 0 Å². The van der Waals surface area contributed by atoms with E-state index in [1.165, 1.54) is 13.1 Å². The van der Waals surface area contributed by atoms with Crippen molar-refractivity contribution >= 4 is 35.2 Å². The number of hydrogen-bond acceptors (Lipinski definition) is 6. The fourth-order valence-electron chi connectivity index (χ4n) is 1.56. The number of aromatic nitrogens is 2. The number of imide groups is 1. The van der Waals surface area contributed by atoms with Crippen molar-refractivity contribution in [3.63, 3.8) is 0 Å². The van der Waals surface area contributed by atoms with Gasteiger partial charge in [-0.2, -0.15) is 4.98 Å². The molecule has 1 atom stereocenters. The van der Waals surface area contributed by atoms with E-state index in [0.29, 0.717) is 5.82 Å². The molecule has 8 heteroatoms. The van der Waals surface area contributed by atoms with Crippen LogP contribution in [-0.2, 0) is 9.59 Å². The van der Waals surface area contributed by atoms with Crippen molar-refractivity contribution in [3.8, 4) is 0 Å². The molecule has 0 radical (unpaired) electrons. The molecule has 1 aliphatic rings. The molecule has 7 nitrogen and oxygen atoms in total. The van der Waals surface area contributed by atoms with Crippen LogP contribution >= 0.6 is 11.6 Å². The van der Waals surface area contributed by atoms with E-state index in [-0.39, 0.29) is 29.3 Å². The monoisotopic (exact) mass is 255 g/mol. The number of nitrogens with zero attached hydrogens (tertiary/aromatic N) is 3. The zero-order valence-corrected chi connectivity index (χ0v) is 9.73. The third-order valence-electron chi connectivity index (χ3n) is 2.42. The van der Waals surface area contributed by atoms with Gasteiger partial charge in [0.1, 0.15) is 17.0 Å². The van der Waals surface area contributed by atoms with Crippen molar-refractivity contribution in [2.45, 2.75) is 12.5 Å². The number of hydrogen-bond donors (Lipinski definition) is 2. The molecule has 2 rings (SSSR count). The Labute approximate surface area is 102 Å². The highest BCUT2D eigenvalue weighted by Crippen LogP contribution is 2.18. The molecule has 1 saturated heterocycles. The lowest BCUT2D eigenvalue weighted by molar-refractivity contribution is -0.136. The summed E-state index contributed by atoms with van der Waals surface area (Å²) in [5.41, 5.74) is 5.41. The van der Waals surface area contributed by atoms with Gasteiger partial charge in [0.15, 0.2) is 0 Å². The number of nitrogen functional groups attached to an aromatic ring is 1. The average molecular weight is 256 g/mol. The summed E-state index contributed by atoms with van der Waals surface area (Å²) in [6.07, 6.45) is 0.0941. The van der Waals surface area contributed by atoms with Crippen LogP contribution in [0.5, 0.6) is 0 Å². The minimum absolute atomic E-state index is 0.00475. The lowest BCUT2D eigenvalue weighted by Gasteiger charge is -2.11. The number of likely N-dealkylation sites (N-methyl/N-ethyl adjacent to an activating group) is 1. The van der Waals surface area contributed by atoms with Gasteiger partial charge in [0.25, 0.3) is 5.91 Å². The molecule has 0 spiro atoms. The molecule has 2 amide bonds. The van der Waals surface area contributed by atoms with Crippen LogP contribution in [0.4, 0.5) is 11.8 Å². The first-order valence-electron chi connectivity index (χ1n) is 4.84. The standard InChI is InChI=1S/C9H10ClN5O2/c1-15-7(16)2-4(8(15)17)12-6-3-5(10)13-9(11)14-6/h3-4H,2H2,1H3,(H3,11,12,13,14). The highest BCUT2D eigenvalue weighted by atomic mass is 35.5. The minimum Gasteiger partial charge on any atom is -0.368 e. The van der Waals surface area contributed by atoms with Crippen molar-refractivity contribution in [1.82, 2.24) is 14.9 Å². The molecule has 0 bridgehead atoms. The molecule has 1 aromatic heterocycles. The van der Waals surface area contributed by atoms with Crippen LogP contribution in [0.15, 0.2) is 6.07 Å². The number of amides is 2. The fraction of sp³-hybridized carbons (Fsp3) is 0.333. The third-order valence-corrected chi connectivity index (χ3v) is 2.61. The number of rotatable bonds is 2. The Morgan fingerprint density at radius 3 is 2.76 bits per heavy atom. The maximum absolute atomic E-state index is 11.6. The molecule has 3 N–H and O–H groups in total. The second kappa shape index (κ2) is 4.17. The van der Waals surface area contributed by atoms with Crippen LogP contribution in [0.25, 0.3) is 0 Å². The zero-order valence-electron chi connectivity index (χ0n) is 8.98. The second-order valence-corrected chi connectivity index (χ2v) is 4.01. The van der Waals surface area contributed by atoms with Gasteiger partial charge in [0.05, 0.1) is 6.42 Å². The maximum Gasteiger partial charge on any atom is 0.251 e. The molecule has 1 unspecified atom stereocenters. The van der Waals surface area contributed by atoms with Crippen LogP contribution in [0.1, 0.15) is 6.42 Å². The summed E-state index contributed by atoms with van der Waals surface area (Å²) in [6.45, 7) is 0. The van der Waals surface area contributed by atoms with E-state index in [1.54, 1.807) is 0 Å². The van der Waals surface area contributed by atoms with Gasteiger partial charge in [-0.3, -0.25) is 14.5 Å². The van der Waals surface area contributed by atoms with Gasteiger partial charge in [-0.25, -0.2) is 4.98 Å². The lowest BCUT2D eigenvalue weighted by Crippen LogP contribution is -2.32. The Hall–Kier alpha value is -1.89. The van der Waals surface area contributed by atoms with Crippen molar-refractivity contribution in [2.75, 3.05) is 18.1 Å². The summed E-state index contributed by atoms with van der Waals surface area (Å²) < 4.78 is 0. The Morgan fingerprint density at radius 1 is 1.53 bits per heavy atom. The van der Waals surface area contributed by atoms with Gasteiger partial charge in [-0.1, -0.05) is 11.6 Å². The van der Waals surface area contributed by atoms with Gasteiger partial charge in [0, 0.05) is 13.1 Å². The lowest BCUT2D eigenvalue weighted by atomic mass is 10.2. The van der Waals surface area contributed by atoms with Gasteiger partial charge in [0.2, 0.25) is 11.9 Å². The number of carbonyl (C=O) groups excluding carboxylic acids is 2. The average Bonchev–Trinajstić information content (AvgIpc) is 2.45. The Balaban J connectivity index is 2.16. The van der Waals surface area contributed by atoms with E-state index in [1.807, 2.05) is 0 Å². The summed E-state index contributed by atoms with van der Waals surface area (Å²) in [7, 11) is 1.44. The number of halogens is 1. The van der Waals surface area contributed by atoms with Crippen LogP contribution in [0.2, 0.25) is 5.15 Å². The van der Waals surface area contributed by atoms with Crippen LogP contribution < -0.4 is 11.1 Å². The van der Waals surface area contributed by atoms with Crippen molar-refractivity contribution in [1.29, 1.82) is 0 Å². The zero-order chi connectivity index (χ0) is 12.6. The van der Waals surface area contributed by atoms with Crippen LogP contribution in [-0.4, -0.2) is 39.8 Å². The summed E-state index contributed by atoms with van der Waals surface area (Å²) >= 11 is 5.70. The molecule has 0 aliphatic carbocycles. The number of carbonyl (C=O) groups is 2. The summed E-state index contributed by atoms with van der Waals surface area (Å²) in [6, 6.07) is 0.812. The van der Waals surface area contributed by atoms with Crippen molar-refractivity contribution in [2.24, 2.45) is 0 Å². The highest BCUT2D eigenvalue weighted by molar-refractivity contribution is 6.29. The summed E-state index contributed by atoms with van der Waals surface area (Å²) in [5, 5.41) is 2.98. The van der Waals surface area contributed by atoms with Gasteiger partial charge < -0.3 is 11.1 Å². The normalized spacial score (nSPS) is 19.9. The summed E-state index contributed by atoms with van der Waals surface area (Å²) in [4.78, 5) is 31.6. The molecule has 1 aromatic rings. The van der Waals surface area contributed by atoms with Crippen LogP contribution in [0, 0.1) is 0 Å². The van der Waals surface area contributed by atoms with Gasteiger partial charge >= 0.3 is 0 Å². The molecule has 1 aliphatic heterocycles. The fourth-order valence-corrected chi connectivity index (χ4v) is 1.75. The molecular formula is C9H10ClN5O2. The minimum atomic E-state index is -0.627. The number of likely N-dealkylation sites (tertiary alicyclic amines) is 1. The molecular weight excluding hydrogens is 246 g/mol. The SMILES string of the molecule is CN1C(=O)CC(Nc2cc(Cl)nc(N)n2)C1=O. The number of nitrogens with two attached hydrogens (primary N) is 1. The smallest absolute Gasteiger partial charge is 0.251 e. The van der Waals surface area contributed by atoms with Crippen LogP contribution in [0.3, 0.4) is 0 Å². The first kappa shape index (κ1) is 11.6. The predicted octanol–water partition coefficient (Wildman–Crippen LogP) is -0.119. The first-order valence-corrected chi connectivity index (χ1v) is 5.22. The second-order valence-electron chi connectivity index (χ2n) is 3.63.